The second kappa shape index (κ2) is 3.87. The van der Waals surface area contributed by atoms with Crippen LogP contribution < -0.4 is 0 Å². The molecule has 1 aliphatic rings. The third-order valence-electron chi connectivity index (χ3n) is 2.76. The third-order valence-corrected chi connectivity index (χ3v) is 2.76. The maximum Gasteiger partial charge on any atom is 0.132 e. The minimum Gasteiger partial charge on any atom is -0.0374 e. The zero-order valence-electron chi connectivity index (χ0n) is 8.22. The molecule has 0 bridgehead atoms. The Balaban J connectivity index is 2.10. The number of aryl methyl sites for hydroxylation is 1. The second-order valence-corrected chi connectivity index (χ2v) is 3.84. The van der Waals surface area contributed by atoms with E-state index in [0.29, 0.717) is 0 Å². The quantitative estimate of drug-likeness (QED) is 0.567. The van der Waals surface area contributed by atoms with Crippen LogP contribution in [0.2, 0.25) is 0 Å². The Hall–Kier alpha value is -0.910. The Kier molecular flexibility index (Phi) is 2.58. The molecule has 0 unspecified atom stereocenters. The van der Waals surface area contributed by atoms with Crippen LogP contribution in [0.4, 0.5) is 0 Å². The summed E-state index contributed by atoms with van der Waals surface area (Å²) in [5.41, 5.74) is 2.81. The fourth-order valence-corrected chi connectivity index (χ4v) is 1.90. The van der Waals surface area contributed by atoms with Gasteiger partial charge in [-0.15, -0.1) is 0 Å². The van der Waals surface area contributed by atoms with Crippen LogP contribution in [0.3, 0.4) is 0 Å². The van der Waals surface area contributed by atoms with Gasteiger partial charge in [0.25, 0.3) is 0 Å². The molecule has 0 heterocycles. The monoisotopic (exact) mass is 172 g/mol. The van der Waals surface area contributed by atoms with Crippen LogP contribution in [0.5, 0.6) is 0 Å². The maximum absolute atomic E-state index is 2.40. The van der Waals surface area contributed by atoms with Crippen LogP contribution in [0.25, 0.3) is 0 Å². The molecule has 0 spiro atoms. The molecule has 0 amide bonds. The molecule has 1 fully saturated rings. The lowest BCUT2D eigenvalue weighted by Gasteiger charge is -2.15. The van der Waals surface area contributed by atoms with Crippen molar-refractivity contribution in [3.63, 3.8) is 0 Å². The van der Waals surface area contributed by atoms with E-state index < -0.39 is 0 Å². The average molecular weight is 172 g/mol. The minimum absolute atomic E-state index is 1.27. The lowest BCUT2D eigenvalue weighted by Crippen LogP contribution is -2.05. The molecule has 0 aromatic heterocycles. The fraction of sp³-hybridized carbons (Fsp3) is 0.385. The highest BCUT2D eigenvalue weighted by molar-refractivity contribution is 5.33. The summed E-state index contributed by atoms with van der Waals surface area (Å²) in [6, 6.07) is 8.94. The molecule has 0 nitrogen and oxygen atoms in total. The highest BCUT2D eigenvalue weighted by atomic mass is 14.2. The van der Waals surface area contributed by atoms with Crippen LogP contribution >= 0.6 is 0 Å². The molecular weight excluding hydrogens is 156 g/mol. The van der Waals surface area contributed by atoms with Gasteiger partial charge in [-0.05, 0) is 43.9 Å². The molecule has 1 saturated carbocycles. The first-order valence-corrected chi connectivity index (χ1v) is 5.09. The van der Waals surface area contributed by atoms with Crippen molar-refractivity contribution >= 4 is 0 Å². The summed E-state index contributed by atoms with van der Waals surface area (Å²) in [5.74, 6) is 1.64. The second-order valence-electron chi connectivity index (χ2n) is 3.84. The van der Waals surface area contributed by atoms with Gasteiger partial charge in [-0.2, -0.15) is 0 Å². The summed E-state index contributed by atoms with van der Waals surface area (Å²) in [7, 11) is 0. The number of hydrogen-bond acceptors (Lipinski definition) is 0. The molecule has 0 heteroatoms. The van der Waals surface area contributed by atoms with Gasteiger partial charge >= 0.3 is 0 Å². The molecule has 67 valence electrons. The van der Waals surface area contributed by atoms with Gasteiger partial charge in [0.1, 0.15) is 5.56 Å². The first kappa shape index (κ1) is 8.68. The first-order chi connectivity index (χ1) is 6.36. The summed E-state index contributed by atoms with van der Waals surface area (Å²) in [4.78, 5) is 0. The number of rotatable bonds is 1. The summed E-state index contributed by atoms with van der Waals surface area (Å²) in [5, 5.41) is 0. The molecule has 0 atom stereocenters. The number of hydrogen-bond donors (Lipinski definition) is 0. The Morgan fingerprint density at radius 2 is 1.62 bits per heavy atom. The van der Waals surface area contributed by atoms with Gasteiger partial charge in [0, 0.05) is 30.9 Å². The molecule has 1 aromatic rings. The number of benzene rings is 1. The smallest absolute Gasteiger partial charge is 0.0374 e. The Bertz CT molecular complexity index is 252. The zero-order chi connectivity index (χ0) is 9.10. The SMILES string of the molecule is Cc1ccc([C+]2CC[CH]CC2)cc1. The van der Waals surface area contributed by atoms with E-state index in [2.05, 4.69) is 37.6 Å². The van der Waals surface area contributed by atoms with Crippen LogP contribution in [-0.2, 0) is 0 Å². The van der Waals surface area contributed by atoms with E-state index >= 15 is 0 Å². The normalized spacial score (nSPS) is 17.5. The molecule has 1 radical (unpaired) electrons. The highest BCUT2D eigenvalue weighted by Gasteiger charge is 2.21. The van der Waals surface area contributed by atoms with Gasteiger partial charge in [0.15, 0.2) is 0 Å². The van der Waals surface area contributed by atoms with Crippen LogP contribution in [0.15, 0.2) is 24.3 Å². The van der Waals surface area contributed by atoms with Crippen LogP contribution in [-0.4, -0.2) is 0 Å². The maximum atomic E-state index is 2.40. The molecular formula is C13H16+. The van der Waals surface area contributed by atoms with E-state index in [9.17, 15) is 0 Å². The van der Waals surface area contributed by atoms with Crippen molar-refractivity contribution in [1.82, 2.24) is 0 Å². The summed E-state index contributed by atoms with van der Waals surface area (Å²) in [6.45, 7) is 2.14. The largest absolute Gasteiger partial charge is 0.132 e. The van der Waals surface area contributed by atoms with Gasteiger partial charge in [-0.25, -0.2) is 0 Å². The Morgan fingerprint density at radius 1 is 1.00 bits per heavy atom. The zero-order valence-corrected chi connectivity index (χ0v) is 8.22. The summed E-state index contributed by atoms with van der Waals surface area (Å²) >= 11 is 0. The van der Waals surface area contributed by atoms with Crippen molar-refractivity contribution in [2.24, 2.45) is 0 Å². The molecule has 13 heavy (non-hydrogen) atoms. The van der Waals surface area contributed by atoms with E-state index in [1.54, 1.807) is 5.92 Å². The van der Waals surface area contributed by atoms with E-state index in [1.165, 1.54) is 36.8 Å². The molecule has 1 aromatic carbocycles. The van der Waals surface area contributed by atoms with E-state index in [-0.39, 0.29) is 0 Å². The van der Waals surface area contributed by atoms with Gasteiger partial charge in [0.2, 0.25) is 0 Å². The van der Waals surface area contributed by atoms with Crippen LogP contribution in [0.1, 0.15) is 36.8 Å². The van der Waals surface area contributed by atoms with E-state index in [0.717, 1.165) is 0 Å². The van der Waals surface area contributed by atoms with Gasteiger partial charge < -0.3 is 0 Å². The van der Waals surface area contributed by atoms with Crippen molar-refractivity contribution in [3.05, 3.63) is 47.7 Å². The topological polar surface area (TPSA) is 0 Å². The van der Waals surface area contributed by atoms with Crippen molar-refractivity contribution in [2.45, 2.75) is 32.6 Å². The summed E-state index contributed by atoms with van der Waals surface area (Å²) in [6.07, 6.45) is 7.47. The lowest BCUT2D eigenvalue weighted by molar-refractivity contribution is 0.652. The lowest BCUT2D eigenvalue weighted by atomic mass is 9.84. The Labute approximate surface area is 81.0 Å². The fourth-order valence-electron chi connectivity index (χ4n) is 1.90. The molecule has 2 rings (SSSR count). The summed E-state index contributed by atoms with van der Waals surface area (Å²) < 4.78 is 0. The minimum atomic E-state index is 1.27. The van der Waals surface area contributed by atoms with Crippen molar-refractivity contribution in [2.75, 3.05) is 0 Å². The van der Waals surface area contributed by atoms with Gasteiger partial charge in [-0.1, -0.05) is 0 Å². The Morgan fingerprint density at radius 3 is 2.23 bits per heavy atom. The molecule has 0 aliphatic heterocycles. The molecule has 1 aliphatic carbocycles. The predicted molar refractivity (Wildman–Crippen MR) is 56.3 cm³/mol. The predicted octanol–water partition coefficient (Wildman–Crippen LogP) is 3.70. The van der Waals surface area contributed by atoms with Crippen molar-refractivity contribution in [1.29, 1.82) is 0 Å². The van der Waals surface area contributed by atoms with Gasteiger partial charge in [0.05, 0.1) is 0 Å². The first-order valence-electron chi connectivity index (χ1n) is 5.09. The van der Waals surface area contributed by atoms with E-state index in [1.807, 2.05) is 0 Å². The van der Waals surface area contributed by atoms with Crippen LogP contribution in [0, 0.1) is 19.3 Å². The van der Waals surface area contributed by atoms with Crippen molar-refractivity contribution in [3.8, 4) is 0 Å². The highest BCUT2D eigenvalue weighted by Crippen LogP contribution is 2.30. The third kappa shape index (κ3) is 2.06. The molecule has 0 saturated heterocycles. The van der Waals surface area contributed by atoms with E-state index in [4.69, 9.17) is 0 Å². The average Bonchev–Trinajstić information content (AvgIpc) is 2.20. The van der Waals surface area contributed by atoms with Gasteiger partial charge in [-0.3, -0.25) is 0 Å². The van der Waals surface area contributed by atoms with Crippen molar-refractivity contribution < 1.29 is 0 Å². The standard InChI is InChI=1S/C13H16/c1-11-7-9-13(10-8-11)12-5-3-2-4-6-12/h2,7-10H,3-6H2,1H3/q+1. The molecule has 0 N–H and O–H groups in total.